The Hall–Kier alpha value is -1.75. The maximum atomic E-state index is 11.6. The lowest BCUT2D eigenvalue weighted by Gasteiger charge is -2.20. The second-order valence-corrected chi connectivity index (χ2v) is 5.67. The van der Waals surface area contributed by atoms with Gasteiger partial charge in [0, 0.05) is 18.1 Å². The fraction of sp³-hybridized carbons (Fsp3) is 0.429. The molecule has 0 aromatic heterocycles. The Morgan fingerprint density at radius 3 is 2.35 bits per heavy atom. The molecule has 3 amide bonds. The molecule has 0 saturated heterocycles. The molecule has 6 heteroatoms. The highest BCUT2D eigenvalue weighted by atomic mass is 35.5. The van der Waals surface area contributed by atoms with E-state index in [9.17, 15) is 9.59 Å². The fourth-order valence-electron chi connectivity index (χ4n) is 1.42. The van der Waals surface area contributed by atoms with Crippen molar-refractivity contribution in [3.8, 4) is 0 Å². The van der Waals surface area contributed by atoms with Crippen LogP contribution in [-0.2, 0) is 11.2 Å². The van der Waals surface area contributed by atoms with Crippen LogP contribution in [0.15, 0.2) is 24.3 Å². The number of nitrogens with two attached hydrogens (primary N) is 1. The molecule has 1 aromatic rings. The molecular weight excluding hydrogens is 278 g/mol. The summed E-state index contributed by atoms with van der Waals surface area (Å²) in [6.07, 6.45) is 0.712. The molecule has 0 bridgehead atoms. The van der Waals surface area contributed by atoms with Crippen molar-refractivity contribution < 1.29 is 9.59 Å². The first-order valence-corrected chi connectivity index (χ1v) is 6.75. The molecule has 0 atom stereocenters. The number of hydrogen-bond donors (Lipinski definition) is 3. The maximum absolute atomic E-state index is 11.6. The van der Waals surface area contributed by atoms with Gasteiger partial charge in [-0.25, -0.2) is 4.79 Å². The average molecular weight is 298 g/mol. The van der Waals surface area contributed by atoms with Crippen LogP contribution in [0.1, 0.15) is 19.4 Å². The van der Waals surface area contributed by atoms with Crippen molar-refractivity contribution >= 4 is 23.5 Å². The van der Waals surface area contributed by atoms with Crippen molar-refractivity contribution in [1.82, 2.24) is 10.6 Å². The SMILES string of the molecule is CC(C)(CNC(=O)NCCc1ccc(Cl)cc1)C(N)=O. The first-order valence-electron chi connectivity index (χ1n) is 6.37. The van der Waals surface area contributed by atoms with E-state index in [0.717, 1.165) is 5.56 Å². The zero-order chi connectivity index (χ0) is 15.2. The molecule has 4 N–H and O–H groups in total. The number of carbonyl (C=O) groups excluding carboxylic acids is 2. The summed E-state index contributed by atoms with van der Waals surface area (Å²) in [6, 6.07) is 7.14. The van der Waals surface area contributed by atoms with E-state index >= 15 is 0 Å². The van der Waals surface area contributed by atoms with E-state index in [1.807, 2.05) is 24.3 Å². The van der Waals surface area contributed by atoms with Gasteiger partial charge < -0.3 is 16.4 Å². The van der Waals surface area contributed by atoms with E-state index in [4.69, 9.17) is 17.3 Å². The number of nitrogens with one attached hydrogen (secondary N) is 2. The predicted molar refractivity (Wildman–Crippen MR) is 79.5 cm³/mol. The minimum Gasteiger partial charge on any atom is -0.369 e. The lowest BCUT2D eigenvalue weighted by Crippen LogP contribution is -2.46. The van der Waals surface area contributed by atoms with Crippen LogP contribution in [0.2, 0.25) is 5.02 Å². The van der Waals surface area contributed by atoms with Crippen molar-refractivity contribution in [2.45, 2.75) is 20.3 Å². The molecule has 0 radical (unpaired) electrons. The van der Waals surface area contributed by atoms with Crippen molar-refractivity contribution in [3.05, 3.63) is 34.9 Å². The summed E-state index contributed by atoms with van der Waals surface area (Å²) in [6.45, 7) is 4.08. The summed E-state index contributed by atoms with van der Waals surface area (Å²) in [5, 5.41) is 6.04. The average Bonchev–Trinajstić information content (AvgIpc) is 2.39. The number of carbonyl (C=O) groups is 2. The van der Waals surface area contributed by atoms with E-state index in [1.165, 1.54) is 0 Å². The highest BCUT2D eigenvalue weighted by Crippen LogP contribution is 2.11. The van der Waals surface area contributed by atoms with Gasteiger partial charge >= 0.3 is 6.03 Å². The van der Waals surface area contributed by atoms with Crippen LogP contribution in [0.3, 0.4) is 0 Å². The van der Waals surface area contributed by atoms with E-state index in [0.29, 0.717) is 18.0 Å². The van der Waals surface area contributed by atoms with Gasteiger partial charge in [0.2, 0.25) is 5.91 Å². The summed E-state index contributed by atoms with van der Waals surface area (Å²) in [5.74, 6) is -0.445. The number of primary amides is 1. The van der Waals surface area contributed by atoms with Gasteiger partial charge in [-0.1, -0.05) is 23.7 Å². The van der Waals surface area contributed by atoms with Gasteiger partial charge in [-0.2, -0.15) is 0 Å². The lowest BCUT2D eigenvalue weighted by molar-refractivity contribution is -0.125. The maximum Gasteiger partial charge on any atom is 0.314 e. The van der Waals surface area contributed by atoms with Crippen molar-refractivity contribution in [3.63, 3.8) is 0 Å². The number of halogens is 1. The van der Waals surface area contributed by atoms with Crippen LogP contribution in [0, 0.1) is 5.41 Å². The Labute approximate surface area is 123 Å². The Morgan fingerprint density at radius 2 is 1.80 bits per heavy atom. The van der Waals surface area contributed by atoms with Gasteiger partial charge in [0.15, 0.2) is 0 Å². The van der Waals surface area contributed by atoms with Crippen LogP contribution in [-0.4, -0.2) is 25.0 Å². The monoisotopic (exact) mass is 297 g/mol. The van der Waals surface area contributed by atoms with E-state index in [2.05, 4.69) is 10.6 Å². The van der Waals surface area contributed by atoms with Crippen LogP contribution in [0.4, 0.5) is 4.79 Å². The molecule has 1 rings (SSSR count). The Kier molecular flexibility index (Phi) is 5.82. The van der Waals surface area contributed by atoms with Gasteiger partial charge in [-0.15, -0.1) is 0 Å². The molecule has 5 nitrogen and oxygen atoms in total. The molecule has 0 aliphatic carbocycles. The van der Waals surface area contributed by atoms with Crippen LogP contribution >= 0.6 is 11.6 Å². The molecule has 0 aliphatic rings. The Balaban J connectivity index is 2.27. The molecule has 0 aliphatic heterocycles. The first-order chi connectivity index (χ1) is 9.31. The third kappa shape index (κ3) is 5.48. The molecule has 20 heavy (non-hydrogen) atoms. The van der Waals surface area contributed by atoms with E-state index < -0.39 is 11.3 Å². The molecule has 0 spiro atoms. The second-order valence-electron chi connectivity index (χ2n) is 5.23. The standard InChI is InChI=1S/C14H20ClN3O2/c1-14(2,12(16)19)9-18-13(20)17-8-7-10-3-5-11(15)6-4-10/h3-6H,7-9H2,1-2H3,(H2,16,19)(H2,17,18,20). The molecule has 0 unspecified atom stereocenters. The van der Waals surface area contributed by atoms with Crippen molar-refractivity contribution in [1.29, 1.82) is 0 Å². The fourth-order valence-corrected chi connectivity index (χ4v) is 1.55. The minimum absolute atomic E-state index is 0.203. The van der Waals surface area contributed by atoms with Crippen molar-refractivity contribution in [2.75, 3.05) is 13.1 Å². The zero-order valence-corrected chi connectivity index (χ0v) is 12.5. The quantitative estimate of drug-likeness (QED) is 0.746. The topological polar surface area (TPSA) is 84.2 Å². The molecule has 0 heterocycles. The summed E-state index contributed by atoms with van der Waals surface area (Å²) >= 11 is 5.79. The summed E-state index contributed by atoms with van der Waals surface area (Å²) < 4.78 is 0. The van der Waals surface area contributed by atoms with Gasteiger partial charge in [-0.3, -0.25) is 4.79 Å². The minimum atomic E-state index is -0.756. The number of urea groups is 1. The van der Waals surface area contributed by atoms with Gasteiger partial charge in [0.25, 0.3) is 0 Å². The predicted octanol–water partition coefficient (Wildman–Crippen LogP) is 1.69. The highest BCUT2D eigenvalue weighted by molar-refractivity contribution is 6.30. The number of hydrogen-bond acceptors (Lipinski definition) is 2. The third-order valence-electron chi connectivity index (χ3n) is 2.97. The summed E-state index contributed by atoms with van der Waals surface area (Å²) in [5.41, 5.74) is 5.56. The molecule has 1 aromatic carbocycles. The van der Waals surface area contributed by atoms with Crippen LogP contribution < -0.4 is 16.4 Å². The number of benzene rings is 1. The second kappa shape index (κ2) is 7.14. The Bertz CT molecular complexity index is 472. The molecule has 0 fully saturated rings. The molecule has 110 valence electrons. The first kappa shape index (κ1) is 16.3. The lowest BCUT2D eigenvalue weighted by atomic mass is 9.93. The van der Waals surface area contributed by atoms with Gasteiger partial charge in [0.05, 0.1) is 5.41 Å². The van der Waals surface area contributed by atoms with E-state index in [-0.39, 0.29) is 12.6 Å². The van der Waals surface area contributed by atoms with E-state index in [1.54, 1.807) is 13.8 Å². The highest BCUT2D eigenvalue weighted by Gasteiger charge is 2.25. The van der Waals surface area contributed by atoms with Gasteiger partial charge in [-0.05, 0) is 38.0 Å². The van der Waals surface area contributed by atoms with Crippen molar-refractivity contribution in [2.24, 2.45) is 11.1 Å². The molecule has 0 saturated carbocycles. The third-order valence-corrected chi connectivity index (χ3v) is 3.22. The van der Waals surface area contributed by atoms with Crippen LogP contribution in [0.25, 0.3) is 0 Å². The summed E-state index contributed by atoms with van der Waals surface area (Å²) in [7, 11) is 0. The Morgan fingerprint density at radius 1 is 1.20 bits per heavy atom. The largest absolute Gasteiger partial charge is 0.369 e. The number of rotatable bonds is 6. The summed E-state index contributed by atoms with van der Waals surface area (Å²) in [4.78, 5) is 22.7. The van der Waals surface area contributed by atoms with Crippen LogP contribution in [0.5, 0.6) is 0 Å². The normalized spacial score (nSPS) is 10.9. The zero-order valence-electron chi connectivity index (χ0n) is 11.7. The number of amides is 3. The molecular formula is C14H20ClN3O2. The van der Waals surface area contributed by atoms with Gasteiger partial charge in [0.1, 0.15) is 0 Å². The smallest absolute Gasteiger partial charge is 0.314 e.